The van der Waals surface area contributed by atoms with Crippen LogP contribution in [0.25, 0.3) is 0 Å². The van der Waals surface area contributed by atoms with Gasteiger partial charge in [-0.3, -0.25) is 14.5 Å². The number of benzene rings is 3. The second kappa shape index (κ2) is 13.6. The Morgan fingerprint density at radius 2 is 1.77 bits per heavy atom. The number of halogens is 1. The second-order valence-corrected chi connectivity index (χ2v) is 10.5. The highest BCUT2D eigenvalue weighted by molar-refractivity contribution is 6.30. The van der Waals surface area contributed by atoms with E-state index in [1.165, 1.54) is 10.5 Å². The number of fused-ring (bicyclic) bond motifs is 3. The molecule has 1 heterocycles. The third-order valence-electron chi connectivity index (χ3n) is 6.72. The quantitative estimate of drug-likeness (QED) is 0.450. The lowest BCUT2D eigenvalue weighted by molar-refractivity contribution is -0.137. The molecule has 2 bridgehead atoms. The molecular formula is C31H35ClN2O5. The lowest BCUT2D eigenvalue weighted by Crippen LogP contribution is -2.35. The van der Waals surface area contributed by atoms with E-state index in [2.05, 4.69) is 43.0 Å². The monoisotopic (exact) mass is 550 g/mol. The Balaban J connectivity index is 1.63. The Labute approximate surface area is 234 Å². The van der Waals surface area contributed by atoms with Crippen LogP contribution in [0.5, 0.6) is 5.75 Å². The normalized spacial score (nSPS) is 14.7. The van der Waals surface area contributed by atoms with Crippen LogP contribution >= 0.6 is 11.6 Å². The molecule has 1 N–H and O–H groups in total. The number of hydrogen-bond acceptors (Lipinski definition) is 5. The second-order valence-electron chi connectivity index (χ2n) is 10.0. The maximum absolute atomic E-state index is 13.5. The average Bonchev–Trinajstić information content (AvgIpc) is 2.90. The van der Waals surface area contributed by atoms with Crippen molar-refractivity contribution in [3.05, 3.63) is 99.6 Å². The molecule has 8 heteroatoms. The number of carboxylic acids is 1. The van der Waals surface area contributed by atoms with Gasteiger partial charge in [-0.15, -0.1) is 0 Å². The standard InChI is InChI=1S/C31H35ClN2O5/c1-22(2)33-12-13-38-14-15-39-29-11-8-26(18-27(29)17-24-4-3-5-25(16-24)20-33)31(37)34(21-30(35)36)19-23-6-9-28(32)10-7-23/h3-11,16,18,22H,12-15,17,19-21H2,1-2H3,(H,35,36). The smallest absolute Gasteiger partial charge is 0.323 e. The van der Waals surface area contributed by atoms with Crippen LogP contribution < -0.4 is 4.74 Å². The summed E-state index contributed by atoms with van der Waals surface area (Å²) in [5.74, 6) is -0.755. The van der Waals surface area contributed by atoms with E-state index in [0.717, 1.165) is 29.8 Å². The number of amides is 1. The van der Waals surface area contributed by atoms with Gasteiger partial charge in [-0.25, -0.2) is 0 Å². The third-order valence-corrected chi connectivity index (χ3v) is 6.97. The first-order chi connectivity index (χ1) is 18.8. The summed E-state index contributed by atoms with van der Waals surface area (Å²) >= 11 is 5.99. The average molecular weight is 551 g/mol. The van der Waals surface area contributed by atoms with Crippen LogP contribution in [0.1, 0.15) is 46.5 Å². The fourth-order valence-electron chi connectivity index (χ4n) is 4.65. The van der Waals surface area contributed by atoms with E-state index < -0.39 is 12.5 Å². The molecule has 1 amide bonds. The molecule has 0 fully saturated rings. The Bertz CT molecular complexity index is 1280. The van der Waals surface area contributed by atoms with Crippen molar-refractivity contribution in [1.82, 2.24) is 9.80 Å². The number of ether oxygens (including phenoxy) is 2. The first-order valence-electron chi connectivity index (χ1n) is 13.2. The van der Waals surface area contributed by atoms with Gasteiger partial charge >= 0.3 is 5.97 Å². The van der Waals surface area contributed by atoms with Gasteiger partial charge in [0.1, 0.15) is 18.9 Å². The Morgan fingerprint density at radius 1 is 1.00 bits per heavy atom. The molecule has 0 saturated heterocycles. The summed E-state index contributed by atoms with van der Waals surface area (Å²) in [4.78, 5) is 28.9. The van der Waals surface area contributed by atoms with Gasteiger partial charge in [-0.2, -0.15) is 0 Å². The summed E-state index contributed by atoms with van der Waals surface area (Å²) in [5, 5.41) is 10.1. The topological polar surface area (TPSA) is 79.3 Å². The maximum Gasteiger partial charge on any atom is 0.323 e. The van der Waals surface area contributed by atoms with Gasteiger partial charge in [-0.05, 0) is 66.4 Å². The third kappa shape index (κ3) is 8.30. The van der Waals surface area contributed by atoms with E-state index in [1.807, 2.05) is 6.07 Å². The minimum atomic E-state index is -1.08. The SMILES string of the molecule is CC(C)N1CCOCCOc2ccc(C(=O)N(CC(=O)O)Cc3ccc(Cl)cc3)cc2Cc2cccc(c2)C1. The fourth-order valence-corrected chi connectivity index (χ4v) is 4.78. The summed E-state index contributed by atoms with van der Waals surface area (Å²) in [6.45, 7) is 7.25. The largest absolute Gasteiger partial charge is 0.491 e. The van der Waals surface area contributed by atoms with Gasteiger partial charge in [0.25, 0.3) is 5.91 Å². The predicted octanol–water partition coefficient (Wildman–Crippen LogP) is 5.28. The van der Waals surface area contributed by atoms with Crippen LogP contribution in [0.15, 0.2) is 66.7 Å². The van der Waals surface area contributed by atoms with Crippen LogP contribution in [-0.2, 0) is 29.0 Å². The Morgan fingerprint density at radius 3 is 2.51 bits per heavy atom. The summed E-state index contributed by atoms with van der Waals surface area (Å²) < 4.78 is 11.9. The summed E-state index contributed by atoms with van der Waals surface area (Å²) in [6.07, 6.45) is 0.572. The number of nitrogens with zero attached hydrogens (tertiary/aromatic N) is 2. The molecule has 0 aromatic heterocycles. The zero-order valence-electron chi connectivity index (χ0n) is 22.4. The van der Waals surface area contributed by atoms with Crippen molar-refractivity contribution in [3.8, 4) is 5.75 Å². The summed E-state index contributed by atoms with van der Waals surface area (Å²) in [5.41, 5.74) is 4.39. The van der Waals surface area contributed by atoms with Gasteiger partial charge in [0.05, 0.1) is 13.2 Å². The minimum absolute atomic E-state index is 0.154. The van der Waals surface area contributed by atoms with Crippen molar-refractivity contribution in [1.29, 1.82) is 0 Å². The zero-order valence-corrected chi connectivity index (χ0v) is 23.2. The van der Waals surface area contributed by atoms with E-state index >= 15 is 0 Å². The maximum atomic E-state index is 13.5. The van der Waals surface area contributed by atoms with Crippen molar-refractivity contribution < 1.29 is 24.2 Å². The Kier molecular flexibility index (Phi) is 9.98. The molecule has 1 aliphatic heterocycles. The molecule has 3 aromatic carbocycles. The molecule has 1 aliphatic rings. The zero-order chi connectivity index (χ0) is 27.8. The molecule has 0 spiro atoms. The number of aliphatic carboxylic acids is 1. The molecule has 39 heavy (non-hydrogen) atoms. The molecule has 0 aliphatic carbocycles. The predicted molar refractivity (Wildman–Crippen MR) is 151 cm³/mol. The van der Waals surface area contributed by atoms with Crippen molar-refractivity contribution in [2.45, 2.75) is 39.4 Å². The molecule has 206 valence electrons. The molecule has 0 saturated carbocycles. The molecule has 0 radical (unpaired) electrons. The van der Waals surface area contributed by atoms with Crippen LogP contribution in [0.4, 0.5) is 0 Å². The number of carbonyl (C=O) groups excluding carboxylic acids is 1. The Hall–Kier alpha value is -3.39. The number of carbonyl (C=O) groups is 2. The van der Waals surface area contributed by atoms with Crippen molar-refractivity contribution in [3.63, 3.8) is 0 Å². The van der Waals surface area contributed by atoms with Crippen LogP contribution in [0.3, 0.4) is 0 Å². The number of carboxylic acid groups (broad SMARTS) is 1. The van der Waals surface area contributed by atoms with E-state index in [9.17, 15) is 14.7 Å². The van der Waals surface area contributed by atoms with Gasteiger partial charge in [0, 0.05) is 42.7 Å². The highest BCUT2D eigenvalue weighted by atomic mass is 35.5. The van der Waals surface area contributed by atoms with Gasteiger partial charge in [0.2, 0.25) is 0 Å². The highest BCUT2D eigenvalue weighted by Gasteiger charge is 2.21. The van der Waals surface area contributed by atoms with Crippen LogP contribution in [0, 0.1) is 0 Å². The van der Waals surface area contributed by atoms with E-state index in [4.69, 9.17) is 21.1 Å². The first kappa shape index (κ1) is 28.6. The number of rotatable bonds is 6. The first-order valence-corrected chi connectivity index (χ1v) is 13.6. The van der Waals surface area contributed by atoms with Crippen LogP contribution in [-0.4, -0.2) is 65.7 Å². The van der Waals surface area contributed by atoms with Gasteiger partial charge < -0.3 is 19.5 Å². The summed E-state index contributed by atoms with van der Waals surface area (Å²) in [6, 6.07) is 21.2. The van der Waals surface area contributed by atoms with Gasteiger partial charge in [-0.1, -0.05) is 48.0 Å². The fraction of sp³-hybridized carbons (Fsp3) is 0.355. The molecule has 4 rings (SSSR count). The van der Waals surface area contributed by atoms with Crippen molar-refractivity contribution >= 4 is 23.5 Å². The molecule has 0 atom stereocenters. The van der Waals surface area contributed by atoms with Crippen molar-refractivity contribution in [2.24, 2.45) is 0 Å². The number of hydrogen-bond donors (Lipinski definition) is 1. The van der Waals surface area contributed by atoms with Gasteiger partial charge in [0.15, 0.2) is 0 Å². The minimum Gasteiger partial charge on any atom is -0.491 e. The molecule has 7 nitrogen and oxygen atoms in total. The summed E-state index contributed by atoms with van der Waals surface area (Å²) in [7, 11) is 0. The highest BCUT2D eigenvalue weighted by Crippen LogP contribution is 2.26. The molecule has 3 aromatic rings. The lowest BCUT2D eigenvalue weighted by atomic mass is 9.99. The van der Waals surface area contributed by atoms with Crippen LogP contribution in [0.2, 0.25) is 5.02 Å². The van der Waals surface area contributed by atoms with Crippen molar-refractivity contribution in [2.75, 3.05) is 32.9 Å². The molecular weight excluding hydrogens is 516 g/mol. The molecule has 0 unspecified atom stereocenters. The van der Waals surface area contributed by atoms with E-state index in [1.54, 1.807) is 36.4 Å². The van der Waals surface area contributed by atoms with E-state index in [0.29, 0.717) is 48.6 Å². The lowest BCUT2D eigenvalue weighted by Gasteiger charge is -2.27. The van der Waals surface area contributed by atoms with E-state index in [-0.39, 0.29) is 12.5 Å².